The van der Waals surface area contributed by atoms with Crippen molar-refractivity contribution in [1.82, 2.24) is 5.32 Å². The van der Waals surface area contributed by atoms with Gasteiger partial charge in [0, 0.05) is 11.4 Å². The Kier molecular flexibility index (Phi) is 7.14. The van der Waals surface area contributed by atoms with E-state index in [-0.39, 0.29) is 0 Å². The van der Waals surface area contributed by atoms with Gasteiger partial charge in [-0.2, -0.15) is 0 Å². The van der Waals surface area contributed by atoms with Crippen LogP contribution >= 0.6 is 11.8 Å². The third-order valence-corrected chi connectivity index (χ3v) is 3.76. The van der Waals surface area contributed by atoms with Gasteiger partial charge in [0.1, 0.15) is 0 Å². The molecule has 0 amide bonds. The second-order valence-corrected chi connectivity index (χ2v) is 6.29. The van der Waals surface area contributed by atoms with E-state index in [2.05, 4.69) is 56.4 Å². The second kappa shape index (κ2) is 8.39. The molecule has 0 spiro atoms. The molecule has 0 saturated heterocycles. The summed E-state index contributed by atoms with van der Waals surface area (Å²) in [5.74, 6) is 2.01. The molecule has 0 aliphatic heterocycles. The Labute approximate surface area is 116 Å². The lowest BCUT2D eigenvalue weighted by Crippen LogP contribution is -2.08. The van der Waals surface area contributed by atoms with Crippen LogP contribution in [0.1, 0.15) is 32.8 Å². The SMILES string of the molecule is CNCC(C)=Cc1ccc(SCCC(C)C)cc1. The van der Waals surface area contributed by atoms with Crippen LogP contribution in [0.3, 0.4) is 0 Å². The monoisotopic (exact) mass is 263 g/mol. The van der Waals surface area contributed by atoms with E-state index in [0.29, 0.717) is 0 Å². The second-order valence-electron chi connectivity index (χ2n) is 5.12. The Morgan fingerprint density at radius 2 is 1.94 bits per heavy atom. The molecule has 18 heavy (non-hydrogen) atoms. The van der Waals surface area contributed by atoms with Crippen LogP contribution in [0.15, 0.2) is 34.7 Å². The fourth-order valence-electron chi connectivity index (χ4n) is 1.69. The molecule has 1 N–H and O–H groups in total. The third kappa shape index (κ3) is 6.27. The maximum Gasteiger partial charge on any atom is 0.0162 e. The fraction of sp³-hybridized carbons (Fsp3) is 0.500. The highest BCUT2D eigenvalue weighted by Crippen LogP contribution is 2.21. The lowest BCUT2D eigenvalue weighted by Gasteiger charge is -2.05. The van der Waals surface area contributed by atoms with Gasteiger partial charge < -0.3 is 5.32 Å². The highest BCUT2D eigenvalue weighted by Gasteiger charge is 1.97. The van der Waals surface area contributed by atoms with E-state index in [0.717, 1.165) is 12.5 Å². The van der Waals surface area contributed by atoms with Gasteiger partial charge in [-0.3, -0.25) is 0 Å². The van der Waals surface area contributed by atoms with Gasteiger partial charge >= 0.3 is 0 Å². The average molecular weight is 263 g/mol. The minimum absolute atomic E-state index is 0.795. The highest BCUT2D eigenvalue weighted by atomic mass is 32.2. The molecule has 1 aromatic carbocycles. The van der Waals surface area contributed by atoms with E-state index < -0.39 is 0 Å². The molecule has 0 radical (unpaired) electrons. The van der Waals surface area contributed by atoms with Crippen LogP contribution in [0.4, 0.5) is 0 Å². The summed E-state index contributed by atoms with van der Waals surface area (Å²) >= 11 is 1.95. The Morgan fingerprint density at radius 1 is 1.28 bits per heavy atom. The largest absolute Gasteiger partial charge is 0.316 e. The molecule has 2 heteroatoms. The number of nitrogens with one attached hydrogen (secondary N) is 1. The number of benzene rings is 1. The van der Waals surface area contributed by atoms with E-state index in [1.165, 1.54) is 28.2 Å². The molecule has 1 aromatic rings. The quantitative estimate of drug-likeness (QED) is 0.730. The zero-order valence-corrected chi connectivity index (χ0v) is 12.8. The molecule has 1 rings (SSSR count). The van der Waals surface area contributed by atoms with Crippen molar-refractivity contribution in [2.24, 2.45) is 5.92 Å². The number of hydrogen-bond donors (Lipinski definition) is 1. The topological polar surface area (TPSA) is 12.0 Å². The van der Waals surface area contributed by atoms with Crippen molar-refractivity contribution in [2.75, 3.05) is 19.3 Å². The van der Waals surface area contributed by atoms with Crippen LogP contribution in [-0.4, -0.2) is 19.3 Å². The predicted molar refractivity (Wildman–Crippen MR) is 84.2 cm³/mol. The molecule has 0 aliphatic rings. The first-order valence-corrected chi connectivity index (χ1v) is 7.65. The van der Waals surface area contributed by atoms with Crippen molar-refractivity contribution < 1.29 is 0 Å². The first-order valence-electron chi connectivity index (χ1n) is 6.66. The maximum atomic E-state index is 3.17. The Balaban J connectivity index is 2.49. The Morgan fingerprint density at radius 3 is 2.50 bits per heavy atom. The summed E-state index contributed by atoms with van der Waals surface area (Å²) in [5, 5.41) is 3.17. The van der Waals surface area contributed by atoms with E-state index in [1.54, 1.807) is 0 Å². The molecule has 0 heterocycles. The van der Waals surface area contributed by atoms with E-state index in [1.807, 2.05) is 18.8 Å². The van der Waals surface area contributed by atoms with Gasteiger partial charge in [-0.15, -0.1) is 11.8 Å². The molecule has 100 valence electrons. The zero-order chi connectivity index (χ0) is 13.4. The summed E-state index contributed by atoms with van der Waals surface area (Å²) in [6.07, 6.45) is 3.52. The van der Waals surface area contributed by atoms with Crippen molar-refractivity contribution in [3.63, 3.8) is 0 Å². The Bertz CT molecular complexity index is 365. The number of hydrogen-bond acceptors (Lipinski definition) is 2. The minimum Gasteiger partial charge on any atom is -0.316 e. The fourth-order valence-corrected chi connectivity index (χ4v) is 2.84. The van der Waals surface area contributed by atoms with Crippen molar-refractivity contribution in [3.8, 4) is 0 Å². The summed E-state index contributed by atoms with van der Waals surface area (Å²) in [7, 11) is 1.98. The maximum absolute atomic E-state index is 3.17. The van der Waals surface area contributed by atoms with Crippen LogP contribution in [0.5, 0.6) is 0 Å². The summed E-state index contributed by atoms with van der Waals surface area (Å²) in [5.41, 5.74) is 2.65. The normalized spacial score (nSPS) is 12.2. The standard InChI is InChI=1S/C16H25NS/c1-13(2)9-10-18-16-7-5-15(6-8-16)11-14(3)12-17-4/h5-8,11,13,17H,9-10,12H2,1-4H3. The van der Waals surface area contributed by atoms with Gasteiger partial charge in [0.2, 0.25) is 0 Å². The van der Waals surface area contributed by atoms with Crippen LogP contribution in [0.25, 0.3) is 6.08 Å². The Hall–Kier alpha value is -0.730. The molecular formula is C16H25NS. The third-order valence-electron chi connectivity index (χ3n) is 2.71. The molecule has 0 aliphatic carbocycles. The lowest BCUT2D eigenvalue weighted by molar-refractivity contribution is 0.632. The van der Waals surface area contributed by atoms with E-state index in [9.17, 15) is 0 Å². The lowest BCUT2D eigenvalue weighted by atomic mass is 10.1. The summed E-state index contributed by atoms with van der Waals surface area (Å²) in [6, 6.07) is 8.86. The summed E-state index contributed by atoms with van der Waals surface area (Å²) in [4.78, 5) is 1.37. The molecule has 0 bridgehead atoms. The van der Waals surface area contributed by atoms with Gasteiger partial charge in [0.15, 0.2) is 0 Å². The van der Waals surface area contributed by atoms with Crippen LogP contribution < -0.4 is 5.32 Å². The summed E-state index contributed by atoms with van der Waals surface area (Å²) < 4.78 is 0. The molecular weight excluding hydrogens is 238 g/mol. The molecule has 0 unspecified atom stereocenters. The minimum atomic E-state index is 0.795. The molecule has 1 nitrogen and oxygen atoms in total. The number of rotatable bonds is 7. The molecule has 0 aromatic heterocycles. The van der Waals surface area contributed by atoms with Crippen molar-refractivity contribution in [1.29, 1.82) is 0 Å². The van der Waals surface area contributed by atoms with Crippen LogP contribution in [0, 0.1) is 5.92 Å². The zero-order valence-electron chi connectivity index (χ0n) is 12.0. The van der Waals surface area contributed by atoms with Crippen molar-refractivity contribution >= 4 is 17.8 Å². The predicted octanol–water partition coefficient (Wildman–Crippen LogP) is 4.45. The van der Waals surface area contributed by atoms with E-state index >= 15 is 0 Å². The number of likely N-dealkylation sites (N-methyl/N-ethyl adjacent to an activating group) is 1. The van der Waals surface area contributed by atoms with E-state index in [4.69, 9.17) is 0 Å². The van der Waals surface area contributed by atoms with Crippen LogP contribution in [-0.2, 0) is 0 Å². The van der Waals surface area contributed by atoms with Gasteiger partial charge in [-0.25, -0.2) is 0 Å². The molecule has 0 fully saturated rings. The smallest absolute Gasteiger partial charge is 0.0162 e. The first kappa shape index (κ1) is 15.3. The van der Waals surface area contributed by atoms with Crippen molar-refractivity contribution in [2.45, 2.75) is 32.1 Å². The van der Waals surface area contributed by atoms with Gasteiger partial charge in [0.05, 0.1) is 0 Å². The number of thioether (sulfide) groups is 1. The highest BCUT2D eigenvalue weighted by molar-refractivity contribution is 7.99. The summed E-state index contributed by atoms with van der Waals surface area (Å²) in [6.45, 7) is 7.66. The van der Waals surface area contributed by atoms with Gasteiger partial charge in [-0.1, -0.05) is 37.6 Å². The average Bonchev–Trinajstić information content (AvgIpc) is 2.31. The van der Waals surface area contributed by atoms with Gasteiger partial charge in [-0.05, 0) is 49.8 Å². The van der Waals surface area contributed by atoms with Crippen molar-refractivity contribution in [3.05, 3.63) is 35.4 Å². The van der Waals surface area contributed by atoms with Gasteiger partial charge in [0.25, 0.3) is 0 Å². The molecule has 0 atom stereocenters. The van der Waals surface area contributed by atoms with Crippen LogP contribution in [0.2, 0.25) is 0 Å². The first-order chi connectivity index (χ1) is 8.61. The molecule has 0 saturated carbocycles.